The highest BCUT2D eigenvalue weighted by Crippen LogP contribution is 2.33. The number of anilines is 2. The van der Waals surface area contributed by atoms with E-state index >= 15 is 0 Å². The van der Waals surface area contributed by atoms with Crippen LogP contribution in [0.3, 0.4) is 0 Å². The van der Waals surface area contributed by atoms with Crippen molar-refractivity contribution in [3.8, 4) is 11.3 Å². The standard InChI is InChI=1S/C30H38N6O2/c37-30(34-25-10-16-38-17-11-25)21-8-14-36(15-9-21)29-26-7-12-31-20-23(26)18-27(35-29)22-6-13-32-28(19-22)33-24-4-2-1-3-5-24/h6-7,12-13,18-21,24-25H,1-5,8-11,14-17H2,(H,32,33)(H,34,37). The van der Waals surface area contributed by atoms with Gasteiger partial charge >= 0.3 is 0 Å². The van der Waals surface area contributed by atoms with Crippen LogP contribution in [0.15, 0.2) is 42.9 Å². The van der Waals surface area contributed by atoms with E-state index in [1.165, 1.54) is 32.1 Å². The molecule has 2 saturated heterocycles. The minimum atomic E-state index is 0.0545. The number of piperidine rings is 1. The Morgan fingerprint density at radius 2 is 1.74 bits per heavy atom. The minimum absolute atomic E-state index is 0.0545. The summed E-state index contributed by atoms with van der Waals surface area (Å²) in [6.45, 7) is 3.10. The topological polar surface area (TPSA) is 92.3 Å². The lowest BCUT2D eigenvalue weighted by Gasteiger charge is -2.34. The third-order valence-electron chi connectivity index (χ3n) is 8.36. The van der Waals surface area contributed by atoms with Gasteiger partial charge in [0.1, 0.15) is 11.6 Å². The number of rotatable bonds is 6. The van der Waals surface area contributed by atoms with Gasteiger partial charge < -0.3 is 20.3 Å². The maximum Gasteiger partial charge on any atom is 0.223 e. The summed E-state index contributed by atoms with van der Waals surface area (Å²) in [5, 5.41) is 9.08. The number of nitrogens with zero attached hydrogens (tertiary/aromatic N) is 4. The normalized spacial score (nSPS) is 19.9. The first-order valence-electron chi connectivity index (χ1n) is 14.3. The van der Waals surface area contributed by atoms with E-state index in [0.717, 1.165) is 85.7 Å². The van der Waals surface area contributed by atoms with Crippen LogP contribution in [0.2, 0.25) is 0 Å². The smallest absolute Gasteiger partial charge is 0.223 e. The van der Waals surface area contributed by atoms with Crippen LogP contribution >= 0.6 is 0 Å². The molecule has 8 heteroatoms. The second kappa shape index (κ2) is 11.6. The molecular formula is C30H38N6O2. The van der Waals surface area contributed by atoms with Gasteiger partial charge in [0.2, 0.25) is 5.91 Å². The monoisotopic (exact) mass is 514 g/mol. The van der Waals surface area contributed by atoms with Gasteiger partial charge in [-0.1, -0.05) is 19.3 Å². The van der Waals surface area contributed by atoms with Crippen molar-refractivity contribution in [2.45, 2.75) is 69.9 Å². The van der Waals surface area contributed by atoms with Gasteiger partial charge in [0.25, 0.3) is 0 Å². The molecule has 3 aliphatic rings. The maximum atomic E-state index is 12.9. The number of nitrogens with one attached hydrogen (secondary N) is 2. The summed E-state index contributed by atoms with van der Waals surface area (Å²) in [7, 11) is 0. The molecule has 0 aromatic carbocycles. The van der Waals surface area contributed by atoms with Gasteiger partial charge in [0, 0.05) is 79.2 Å². The number of hydrogen-bond acceptors (Lipinski definition) is 7. The van der Waals surface area contributed by atoms with Crippen LogP contribution in [0.5, 0.6) is 0 Å². The van der Waals surface area contributed by atoms with Crippen molar-refractivity contribution >= 4 is 28.3 Å². The molecule has 200 valence electrons. The first-order valence-corrected chi connectivity index (χ1v) is 14.3. The van der Waals surface area contributed by atoms with Crippen LogP contribution in [-0.2, 0) is 9.53 Å². The number of carbonyl (C=O) groups excluding carboxylic acids is 1. The minimum Gasteiger partial charge on any atom is -0.381 e. The van der Waals surface area contributed by atoms with Crippen molar-refractivity contribution in [1.29, 1.82) is 0 Å². The lowest BCUT2D eigenvalue weighted by atomic mass is 9.94. The SMILES string of the molecule is O=C(NC1CCOCC1)C1CCN(c2nc(-c3ccnc(NC4CCCCC4)c3)cc3cnccc23)CC1. The molecule has 1 amide bonds. The predicted molar refractivity (Wildman–Crippen MR) is 150 cm³/mol. The summed E-state index contributed by atoms with van der Waals surface area (Å²) in [5.41, 5.74) is 1.98. The van der Waals surface area contributed by atoms with Gasteiger partial charge in [-0.3, -0.25) is 9.78 Å². The van der Waals surface area contributed by atoms with Crippen molar-refractivity contribution in [2.75, 3.05) is 36.5 Å². The molecule has 0 spiro atoms. The van der Waals surface area contributed by atoms with E-state index in [1.54, 1.807) is 0 Å². The lowest BCUT2D eigenvalue weighted by Crippen LogP contribution is -2.45. The fourth-order valence-corrected chi connectivity index (χ4v) is 6.11. The summed E-state index contributed by atoms with van der Waals surface area (Å²) < 4.78 is 5.43. The van der Waals surface area contributed by atoms with Gasteiger partial charge in [-0.25, -0.2) is 9.97 Å². The molecule has 0 unspecified atom stereocenters. The third-order valence-corrected chi connectivity index (χ3v) is 8.36. The summed E-state index contributed by atoms with van der Waals surface area (Å²) >= 11 is 0. The van der Waals surface area contributed by atoms with Crippen LogP contribution < -0.4 is 15.5 Å². The van der Waals surface area contributed by atoms with Gasteiger partial charge in [-0.05, 0) is 62.8 Å². The molecule has 1 saturated carbocycles. The maximum absolute atomic E-state index is 12.9. The molecule has 5 heterocycles. The number of hydrogen-bond donors (Lipinski definition) is 2. The third kappa shape index (κ3) is 5.75. The average Bonchev–Trinajstić information content (AvgIpc) is 2.98. The molecule has 0 radical (unpaired) electrons. The summed E-state index contributed by atoms with van der Waals surface area (Å²) in [6, 6.07) is 9.08. The van der Waals surface area contributed by atoms with Crippen molar-refractivity contribution in [3.63, 3.8) is 0 Å². The molecule has 6 rings (SSSR count). The zero-order valence-electron chi connectivity index (χ0n) is 22.1. The number of pyridine rings is 3. The number of ether oxygens (including phenoxy) is 1. The summed E-state index contributed by atoms with van der Waals surface area (Å²) in [5.74, 6) is 2.14. The Labute approximate surface area is 224 Å². The van der Waals surface area contributed by atoms with E-state index in [0.29, 0.717) is 6.04 Å². The fourth-order valence-electron chi connectivity index (χ4n) is 6.11. The van der Waals surface area contributed by atoms with Crippen molar-refractivity contribution < 1.29 is 9.53 Å². The first kappa shape index (κ1) is 25.0. The molecular weight excluding hydrogens is 476 g/mol. The second-order valence-corrected chi connectivity index (χ2v) is 11.0. The van der Waals surface area contributed by atoms with Crippen LogP contribution in [0.1, 0.15) is 57.8 Å². The van der Waals surface area contributed by atoms with E-state index in [-0.39, 0.29) is 17.9 Å². The zero-order chi connectivity index (χ0) is 25.7. The van der Waals surface area contributed by atoms with Crippen molar-refractivity contribution in [2.24, 2.45) is 5.92 Å². The highest BCUT2D eigenvalue weighted by atomic mass is 16.5. The summed E-state index contributed by atoms with van der Waals surface area (Å²) in [4.78, 5) is 29.4. The van der Waals surface area contributed by atoms with Gasteiger partial charge in [-0.2, -0.15) is 0 Å². The van der Waals surface area contributed by atoms with Crippen molar-refractivity contribution in [1.82, 2.24) is 20.3 Å². The Kier molecular flexibility index (Phi) is 7.67. The van der Waals surface area contributed by atoms with Crippen molar-refractivity contribution in [3.05, 3.63) is 42.9 Å². The molecule has 2 N–H and O–H groups in total. The van der Waals surface area contributed by atoms with E-state index in [4.69, 9.17) is 9.72 Å². The van der Waals surface area contributed by atoms with E-state index in [9.17, 15) is 4.79 Å². The number of aromatic nitrogens is 3. The molecule has 1 aliphatic carbocycles. The van der Waals surface area contributed by atoms with Crippen LogP contribution in [0.25, 0.3) is 22.0 Å². The Balaban J connectivity index is 1.19. The van der Waals surface area contributed by atoms with Crippen LogP contribution in [0.4, 0.5) is 11.6 Å². The van der Waals surface area contributed by atoms with Gasteiger partial charge in [0.05, 0.1) is 5.69 Å². The molecule has 0 atom stereocenters. The Hall–Kier alpha value is -3.26. The Bertz CT molecular complexity index is 1250. The number of amides is 1. The van der Waals surface area contributed by atoms with Crippen LogP contribution in [0, 0.1) is 5.92 Å². The fraction of sp³-hybridized carbons (Fsp3) is 0.533. The van der Waals surface area contributed by atoms with Crippen LogP contribution in [-0.4, -0.2) is 59.2 Å². The molecule has 3 aromatic rings. The van der Waals surface area contributed by atoms with E-state index in [1.807, 2.05) is 30.7 Å². The molecule has 0 bridgehead atoms. The molecule has 3 aromatic heterocycles. The molecule has 8 nitrogen and oxygen atoms in total. The Morgan fingerprint density at radius 1 is 0.921 bits per heavy atom. The first-order chi connectivity index (χ1) is 18.7. The van der Waals surface area contributed by atoms with E-state index in [2.05, 4.69) is 37.6 Å². The summed E-state index contributed by atoms with van der Waals surface area (Å²) in [6.07, 6.45) is 15.4. The lowest BCUT2D eigenvalue weighted by molar-refractivity contribution is -0.126. The van der Waals surface area contributed by atoms with Gasteiger partial charge in [-0.15, -0.1) is 0 Å². The number of fused-ring (bicyclic) bond motifs is 1. The second-order valence-electron chi connectivity index (χ2n) is 11.0. The van der Waals surface area contributed by atoms with E-state index < -0.39 is 0 Å². The highest BCUT2D eigenvalue weighted by Gasteiger charge is 2.28. The average molecular weight is 515 g/mol. The molecule has 38 heavy (non-hydrogen) atoms. The number of carbonyl (C=O) groups is 1. The predicted octanol–water partition coefficient (Wildman–Crippen LogP) is 4.95. The molecule has 3 fully saturated rings. The van der Waals surface area contributed by atoms with Gasteiger partial charge in [0.15, 0.2) is 0 Å². The molecule has 2 aliphatic heterocycles. The quantitative estimate of drug-likeness (QED) is 0.481. The zero-order valence-corrected chi connectivity index (χ0v) is 22.1. The Morgan fingerprint density at radius 3 is 2.55 bits per heavy atom. The highest BCUT2D eigenvalue weighted by molar-refractivity contribution is 5.94. The largest absolute Gasteiger partial charge is 0.381 e.